The van der Waals surface area contributed by atoms with Gasteiger partial charge in [-0.05, 0) is 12.1 Å². The van der Waals surface area contributed by atoms with E-state index < -0.39 is 0 Å². The molecular weight excluding hydrogens is 235 g/mol. The summed E-state index contributed by atoms with van der Waals surface area (Å²) in [7, 11) is 0. The molecular formula is C12H13FN4O. The first kappa shape index (κ1) is 11.2. The summed E-state index contributed by atoms with van der Waals surface area (Å²) < 4.78 is 20.9. The van der Waals surface area contributed by atoms with Crippen LogP contribution >= 0.6 is 0 Å². The van der Waals surface area contributed by atoms with Crippen LogP contribution in [0.25, 0.3) is 5.69 Å². The predicted octanol–water partition coefficient (Wildman–Crippen LogP) is 1.24. The molecule has 0 aliphatic carbocycles. The lowest BCUT2D eigenvalue weighted by Crippen LogP contribution is -2.36. The summed E-state index contributed by atoms with van der Waals surface area (Å²) in [4.78, 5) is 1.99. The van der Waals surface area contributed by atoms with Crippen molar-refractivity contribution in [2.24, 2.45) is 0 Å². The van der Waals surface area contributed by atoms with Crippen LogP contribution in [0.4, 0.5) is 10.1 Å². The number of nitrogens with zero attached hydrogens (tertiary/aromatic N) is 4. The Balaban J connectivity index is 1.89. The largest absolute Gasteiger partial charge is 0.378 e. The molecule has 0 unspecified atom stereocenters. The maximum absolute atomic E-state index is 14.1. The highest BCUT2D eigenvalue weighted by Gasteiger charge is 2.15. The van der Waals surface area contributed by atoms with E-state index in [0.29, 0.717) is 24.6 Å². The topological polar surface area (TPSA) is 43.2 Å². The van der Waals surface area contributed by atoms with E-state index in [-0.39, 0.29) is 5.82 Å². The Morgan fingerprint density at radius 2 is 2.06 bits per heavy atom. The zero-order valence-corrected chi connectivity index (χ0v) is 9.79. The van der Waals surface area contributed by atoms with Crippen molar-refractivity contribution < 1.29 is 9.13 Å². The van der Waals surface area contributed by atoms with Crippen molar-refractivity contribution in [3.8, 4) is 5.69 Å². The number of anilines is 1. The van der Waals surface area contributed by atoms with Gasteiger partial charge in [-0.3, -0.25) is 0 Å². The fraction of sp³-hybridized carbons (Fsp3) is 0.333. The van der Waals surface area contributed by atoms with Crippen LogP contribution in [0.5, 0.6) is 0 Å². The van der Waals surface area contributed by atoms with Gasteiger partial charge in [0, 0.05) is 19.2 Å². The molecule has 0 radical (unpaired) electrons. The summed E-state index contributed by atoms with van der Waals surface area (Å²) in [6.07, 6.45) is 3.25. The van der Waals surface area contributed by atoms with Crippen LogP contribution in [0.1, 0.15) is 0 Å². The van der Waals surface area contributed by atoms with E-state index >= 15 is 0 Å². The van der Waals surface area contributed by atoms with Crippen molar-refractivity contribution >= 4 is 5.69 Å². The molecule has 5 nitrogen and oxygen atoms in total. The average molecular weight is 248 g/mol. The molecule has 0 spiro atoms. The first-order valence-corrected chi connectivity index (χ1v) is 5.83. The molecule has 1 aliphatic heterocycles. The van der Waals surface area contributed by atoms with Crippen molar-refractivity contribution in [2.75, 3.05) is 31.2 Å². The third-order valence-corrected chi connectivity index (χ3v) is 2.97. The van der Waals surface area contributed by atoms with Crippen molar-refractivity contribution in [1.82, 2.24) is 15.0 Å². The number of rotatable bonds is 2. The maximum Gasteiger partial charge on any atom is 0.148 e. The Hall–Kier alpha value is -1.95. The first-order valence-electron chi connectivity index (χ1n) is 5.83. The van der Waals surface area contributed by atoms with Crippen LogP contribution in [0.15, 0.2) is 30.6 Å². The Labute approximate surface area is 104 Å². The van der Waals surface area contributed by atoms with Gasteiger partial charge in [0.15, 0.2) is 0 Å². The molecule has 1 aromatic carbocycles. The smallest absolute Gasteiger partial charge is 0.148 e. The van der Waals surface area contributed by atoms with Gasteiger partial charge in [-0.2, -0.15) is 0 Å². The number of hydrogen-bond acceptors (Lipinski definition) is 4. The van der Waals surface area contributed by atoms with Gasteiger partial charge < -0.3 is 9.64 Å². The lowest BCUT2D eigenvalue weighted by molar-refractivity contribution is 0.122. The minimum Gasteiger partial charge on any atom is -0.378 e. The Bertz CT molecular complexity index is 523. The summed E-state index contributed by atoms with van der Waals surface area (Å²) in [5, 5.41) is 7.54. The molecule has 1 aliphatic rings. The van der Waals surface area contributed by atoms with Gasteiger partial charge >= 0.3 is 0 Å². The molecule has 3 rings (SSSR count). The van der Waals surface area contributed by atoms with Crippen molar-refractivity contribution in [1.29, 1.82) is 0 Å². The Morgan fingerprint density at radius 1 is 1.22 bits per heavy atom. The van der Waals surface area contributed by atoms with Gasteiger partial charge in [0.25, 0.3) is 0 Å². The molecule has 0 N–H and O–H groups in total. The Kier molecular flexibility index (Phi) is 2.93. The van der Waals surface area contributed by atoms with Crippen LogP contribution in [0.2, 0.25) is 0 Å². The number of hydrogen-bond donors (Lipinski definition) is 0. The van der Waals surface area contributed by atoms with Crippen LogP contribution < -0.4 is 4.90 Å². The van der Waals surface area contributed by atoms with E-state index in [9.17, 15) is 4.39 Å². The molecule has 0 amide bonds. The van der Waals surface area contributed by atoms with Crippen LogP contribution in [-0.4, -0.2) is 41.3 Å². The van der Waals surface area contributed by atoms with Crippen LogP contribution in [0.3, 0.4) is 0 Å². The maximum atomic E-state index is 14.1. The number of morpholine rings is 1. The fourth-order valence-corrected chi connectivity index (χ4v) is 2.04. The van der Waals surface area contributed by atoms with Gasteiger partial charge in [0.2, 0.25) is 0 Å². The molecule has 0 atom stereocenters. The molecule has 94 valence electrons. The fourth-order valence-electron chi connectivity index (χ4n) is 2.04. The third kappa shape index (κ3) is 2.06. The van der Waals surface area contributed by atoms with Gasteiger partial charge in [-0.15, -0.1) is 5.10 Å². The van der Waals surface area contributed by atoms with Gasteiger partial charge in [-0.1, -0.05) is 5.21 Å². The molecule has 1 fully saturated rings. The molecule has 0 saturated carbocycles. The zero-order valence-electron chi connectivity index (χ0n) is 9.79. The standard InChI is InChI=1S/C12H13FN4O/c13-11-9-10(17-4-3-14-15-17)1-2-12(11)16-5-7-18-8-6-16/h1-4,9H,5-8H2. The van der Waals surface area contributed by atoms with E-state index in [4.69, 9.17) is 4.74 Å². The van der Waals surface area contributed by atoms with E-state index in [1.165, 1.54) is 10.7 Å². The van der Waals surface area contributed by atoms with E-state index in [1.54, 1.807) is 18.5 Å². The summed E-state index contributed by atoms with van der Waals surface area (Å²) >= 11 is 0. The number of benzene rings is 1. The molecule has 2 aromatic rings. The number of halogens is 1. The third-order valence-electron chi connectivity index (χ3n) is 2.97. The number of ether oxygens (including phenoxy) is 1. The van der Waals surface area contributed by atoms with E-state index in [2.05, 4.69) is 10.3 Å². The van der Waals surface area contributed by atoms with E-state index in [1.807, 2.05) is 11.0 Å². The molecule has 18 heavy (non-hydrogen) atoms. The second-order valence-corrected chi connectivity index (χ2v) is 4.08. The predicted molar refractivity (Wildman–Crippen MR) is 64.3 cm³/mol. The van der Waals surface area contributed by atoms with Gasteiger partial charge in [-0.25, -0.2) is 9.07 Å². The molecule has 0 bridgehead atoms. The lowest BCUT2D eigenvalue weighted by atomic mass is 10.2. The normalized spacial score (nSPS) is 15.9. The van der Waals surface area contributed by atoms with Crippen molar-refractivity contribution in [3.63, 3.8) is 0 Å². The average Bonchev–Trinajstić information content (AvgIpc) is 2.93. The highest BCUT2D eigenvalue weighted by atomic mass is 19.1. The second-order valence-electron chi connectivity index (χ2n) is 4.08. The first-order chi connectivity index (χ1) is 8.84. The van der Waals surface area contributed by atoms with Crippen LogP contribution in [-0.2, 0) is 4.74 Å². The quantitative estimate of drug-likeness (QED) is 0.802. The monoisotopic (exact) mass is 248 g/mol. The molecule has 1 aromatic heterocycles. The lowest BCUT2D eigenvalue weighted by Gasteiger charge is -2.29. The summed E-state index contributed by atoms with van der Waals surface area (Å²) in [6, 6.07) is 5.08. The highest BCUT2D eigenvalue weighted by Crippen LogP contribution is 2.22. The van der Waals surface area contributed by atoms with Crippen molar-refractivity contribution in [3.05, 3.63) is 36.4 Å². The summed E-state index contributed by atoms with van der Waals surface area (Å²) in [5.41, 5.74) is 1.28. The molecule has 1 saturated heterocycles. The van der Waals surface area contributed by atoms with Gasteiger partial charge in [0.1, 0.15) is 5.82 Å². The SMILES string of the molecule is Fc1cc(-n2ccnn2)ccc1N1CCOCC1. The zero-order chi connectivity index (χ0) is 12.4. The van der Waals surface area contributed by atoms with Crippen LogP contribution in [0, 0.1) is 5.82 Å². The number of aromatic nitrogens is 3. The van der Waals surface area contributed by atoms with E-state index in [0.717, 1.165) is 13.1 Å². The molecule has 2 heterocycles. The minimum absolute atomic E-state index is 0.245. The highest BCUT2D eigenvalue weighted by molar-refractivity contribution is 5.52. The Morgan fingerprint density at radius 3 is 2.72 bits per heavy atom. The van der Waals surface area contributed by atoms with Crippen molar-refractivity contribution in [2.45, 2.75) is 0 Å². The minimum atomic E-state index is -0.245. The summed E-state index contributed by atoms with van der Waals surface area (Å²) in [6.45, 7) is 2.73. The molecule has 6 heteroatoms. The second kappa shape index (κ2) is 4.73. The summed E-state index contributed by atoms with van der Waals surface area (Å²) in [5.74, 6) is -0.245. The van der Waals surface area contributed by atoms with Gasteiger partial charge in [0.05, 0.1) is 37.0 Å².